The molecule has 0 fully saturated rings. The molecule has 0 aliphatic rings. The fourth-order valence-corrected chi connectivity index (χ4v) is 1.46. The van der Waals surface area contributed by atoms with E-state index in [0.717, 1.165) is 12.1 Å². The average molecular weight is 241 g/mol. The molecule has 0 aliphatic heterocycles. The maximum absolute atomic E-state index is 11.4. The first-order chi connectivity index (χ1) is 8.19. The van der Waals surface area contributed by atoms with Crippen LogP contribution in [0, 0.1) is 0 Å². The van der Waals surface area contributed by atoms with Gasteiger partial charge >= 0.3 is 5.91 Å². The summed E-state index contributed by atoms with van der Waals surface area (Å²) in [6.07, 6.45) is 1.48. The van der Waals surface area contributed by atoms with Crippen molar-refractivity contribution in [3.63, 3.8) is 0 Å². The third-order valence-corrected chi connectivity index (χ3v) is 2.35. The van der Waals surface area contributed by atoms with E-state index in [9.17, 15) is 4.79 Å². The van der Waals surface area contributed by atoms with Crippen molar-refractivity contribution in [3.05, 3.63) is 23.7 Å². The molecule has 1 amide bonds. The molecule has 0 atom stereocenters. The number of nitrogens with zero attached hydrogens (tertiary/aromatic N) is 1. The maximum atomic E-state index is 11.4. The van der Waals surface area contributed by atoms with Crippen molar-refractivity contribution in [1.82, 2.24) is 10.3 Å². The molecule has 1 heterocycles. The first kappa shape index (κ1) is 13.7. The predicted octanol–water partition coefficient (Wildman–Crippen LogP) is 0.351. The van der Waals surface area contributed by atoms with Gasteiger partial charge in [-0.25, -0.2) is 5.84 Å². The van der Waals surface area contributed by atoms with E-state index in [1.807, 2.05) is 18.9 Å². The van der Waals surface area contributed by atoms with Crippen LogP contribution >= 0.6 is 0 Å². The number of likely N-dealkylation sites (N-methyl/N-ethyl adjacent to an activating group) is 1. The van der Waals surface area contributed by atoms with Gasteiger partial charge in [0.15, 0.2) is 5.76 Å². The van der Waals surface area contributed by atoms with Gasteiger partial charge in [-0.3, -0.25) is 15.1 Å². The molecule has 3 N–H and O–H groups in total. The third-order valence-electron chi connectivity index (χ3n) is 2.35. The normalized spacial score (nSPS) is 10.8. The van der Waals surface area contributed by atoms with Crippen LogP contribution < -0.4 is 11.3 Å². The zero-order valence-corrected chi connectivity index (χ0v) is 10.2. The number of hydrogen-bond donors (Lipinski definition) is 2. The summed E-state index contributed by atoms with van der Waals surface area (Å²) in [5.74, 6) is 4.91. The molecule has 0 radical (unpaired) electrons. The summed E-state index contributed by atoms with van der Waals surface area (Å²) in [5.41, 5.74) is 2.87. The lowest BCUT2D eigenvalue weighted by Gasteiger charge is -2.15. The van der Waals surface area contributed by atoms with Crippen molar-refractivity contribution in [2.45, 2.75) is 13.5 Å². The molecule has 0 saturated carbocycles. The van der Waals surface area contributed by atoms with Crippen LogP contribution in [0.3, 0.4) is 0 Å². The predicted molar refractivity (Wildman–Crippen MR) is 63.2 cm³/mol. The Morgan fingerprint density at radius 3 is 3.06 bits per heavy atom. The van der Waals surface area contributed by atoms with E-state index < -0.39 is 5.91 Å². The van der Waals surface area contributed by atoms with E-state index in [1.54, 1.807) is 6.07 Å². The molecule has 0 aliphatic carbocycles. The van der Waals surface area contributed by atoms with E-state index in [4.69, 9.17) is 15.0 Å². The van der Waals surface area contributed by atoms with E-state index in [-0.39, 0.29) is 5.76 Å². The number of nitrogen functional groups attached to an aromatic ring is 1. The number of amides is 1. The Morgan fingerprint density at radius 1 is 1.65 bits per heavy atom. The molecule has 0 bridgehead atoms. The summed E-state index contributed by atoms with van der Waals surface area (Å²) in [6.45, 7) is 4.75. The standard InChI is InChI=1S/C11H19N3O3/c1-3-16-7-5-14(2)8-9-4-6-17-10(9)11(15)13-12/h4,6H,3,5,7-8,12H2,1-2H3,(H,13,15). The number of nitrogens with two attached hydrogens (primary N) is 1. The SMILES string of the molecule is CCOCCN(C)Cc1ccoc1C(=O)NN. The molecule has 96 valence electrons. The minimum Gasteiger partial charge on any atom is -0.459 e. The molecule has 0 aromatic carbocycles. The fourth-order valence-electron chi connectivity index (χ4n) is 1.46. The Bertz CT molecular complexity index is 351. The Labute approximate surface area is 101 Å². The van der Waals surface area contributed by atoms with Gasteiger partial charge in [0.05, 0.1) is 12.9 Å². The highest BCUT2D eigenvalue weighted by Gasteiger charge is 2.15. The number of nitrogens with one attached hydrogen (secondary N) is 1. The van der Waals surface area contributed by atoms with E-state index in [1.165, 1.54) is 6.26 Å². The molecule has 17 heavy (non-hydrogen) atoms. The van der Waals surface area contributed by atoms with Crippen molar-refractivity contribution < 1.29 is 13.9 Å². The summed E-state index contributed by atoms with van der Waals surface area (Å²) in [5, 5.41) is 0. The number of carbonyl (C=O) groups excluding carboxylic acids is 1. The zero-order chi connectivity index (χ0) is 12.7. The highest BCUT2D eigenvalue weighted by molar-refractivity contribution is 5.92. The van der Waals surface area contributed by atoms with Crippen molar-refractivity contribution in [3.8, 4) is 0 Å². The van der Waals surface area contributed by atoms with E-state index >= 15 is 0 Å². The van der Waals surface area contributed by atoms with Crippen molar-refractivity contribution in [2.75, 3.05) is 26.8 Å². The second-order valence-corrected chi connectivity index (χ2v) is 3.68. The first-order valence-electron chi connectivity index (χ1n) is 5.52. The van der Waals surface area contributed by atoms with Crippen LogP contribution in [0.5, 0.6) is 0 Å². The molecule has 6 heteroatoms. The van der Waals surface area contributed by atoms with E-state index in [0.29, 0.717) is 19.8 Å². The lowest BCUT2D eigenvalue weighted by atomic mass is 10.2. The zero-order valence-electron chi connectivity index (χ0n) is 10.2. The molecule has 6 nitrogen and oxygen atoms in total. The molecule has 1 rings (SSSR count). The summed E-state index contributed by atoms with van der Waals surface area (Å²) < 4.78 is 10.4. The largest absolute Gasteiger partial charge is 0.459 e. The smallest absolute Gasteiger partial charge is 0.301 e. The molecule has 0 unspecified atom stereocenters. The molecule has 0 saturated heterocycles. The second kappa shape index (κ2) is 7.05. The second-order valence-electron chi connectivity index (χ2n) is 3.68. The van der Waals surface area contributed by atoms with Gasteiger partial charge in [0.25, 0.3) is 0 Å². The number of hydrazine groups is 1. The maximum Gasteiger partial charge on any atom is 0.301 e. The van der Waals surface area contributed by atoms with Crippen LogP contribution in [0.2, 0.25) is 0 Å². The minimum atomic E-state index is -0.414. The quantitative estimate of drug-likeness (QED) is 0.311. The average Bonchev–Trinajstić information content (AvgIpc) is 2.76. The molecular formula is C11H19N3O3. The Kier molecular flexibility index (Phi) is 5.68. The van der Waals surface area contributed by atoms with Gasteiger partial charge in [0.2, 0.25) is 0 Å². The summed E-state index contributed by atoms with van der Waals surface area (Å²) in [7, 11) is 1.95. The van der Waals surface area contributed by atoms with Crippen molar-refractivity contribution >= 4 is 5.91 Å². The first-order valence-corrected chi connectivity index (χ1v) is 5.52. The van der Waals surface area contributed by atoms with Crippen LogP contribution in [0.15, 0.2) is 16.7 Å². The summed E-state index contributed by atoms with van der Waals surface area (Å²) in [6, 6.07) is 1.77. The van der Waals surface area contributed by atoms with Crippen LogP contribution in [-0.2, 0) is 11.3 Å². The van der Waals surface area contributed by atoms with Crippen LogP contribution in [0.25, 0.3) is 0 Å². The topological polar surface area (TPSA) is 80.7 Å². The summed E-state index contributed by atoms with van der Waals surface area (Å²) >= 11 is 0. The van der Waals surface area contributed by atoms with Crippen molar-refractivity contribution in [1.29, 1.82) is 0 Å². The number of carbonyl (C=O) groups is 1. The van der Waals surface area contributed by atoms with E-state index in [2.05, 4.69) is 5.43 Å². The Hall–Kier alpha value is -1.37. The Balaban J connectivity index is 2.50. The number of ether oxygens (including phenoxy) is 1. The summed E-state index contributed by atoms with van der Waals surface area (Å²) in [4.78, 5) is 13.4. The Morgan fingerprint density at radius 2 is 2.41 bits per heavy atom. The van der Waals surface area contributed by atoms with Gasteiger partial charge in [0.1, 0.15) is 0 Å². The van der Waals surface area contributed by atoms with Crippen LogP contribution in [0.4, 0.5) is 0 Å². The fraction of sp³-hybridized carbons (Fsp3) is 0.545. The molecule has 0 spiro atoms. The monoisotopic (exact) mass is 241 g/mol. The van der Waals surface area contributed by atoms with Crippen LogP contribution in [-0.4, -0.2) is 37.6 Å². The van der Waals surface area contributed by atoms with Gasteiger partial charge in [-0.15, -0.1) is 0 Å². The number of furan rings is 1. The number of rotatable bonds is 7. The highest BCUT2D eigenvalue weighted by Crippen LogP contribution is 2.12. The van der Waals surface area contributed by atoms with Gasteiger partial charge in [-0.2, -0.15) is 0 Å². The van der Waals surface area contributed by atoms with Crippen molar-refractivity contribution in [2.24, 2.45) is 5.84 Å². The highest BCUT2D eigenvalue weighted by atomic mass is 16.5. The van der Waals surface area contributed by atoms with Gasteiger partial charge < -0.3 is 9.15 Å². The lowest BCUT2D eigenvalue weighted by Crippen LogP contribution is -2.31. The molecular weight excluding hydrogens is 222 g/mol. The lowest BCUT2D eigenvalue weighted by molar-refractivity contribution is 0.0922. The molecule has 1 aromatic rings. The van der Waals surface area contributed by atoms with Gasteiger partial charge in [-0.1, -0.05) is 0 Å². The van der Waals surface area contributed by atoms with Gasteiger partial charge in [-0.05, 0) is 20.0 Å². The van der Waals surface area contributed by atoms with Crippen LogP contribution in [0.1, 0.15) is 23.0 Å². The third kappa shape index (κ3) is 4.18. The van der Waals surface area contributed by atoms with Gasteiger partial charge in [0, 0.05) is 25.3 Å². The number of hydrogen-bond acceptors (Lipinski definition) is 5. The molecule has 1 aromatic heterocycles. The minimum absolute atomic E-state index is 0.260.